The first-order valence-electron chi connectivity index (χ1n) is 8.52. The van der Waals surface area contributed by atoms with E-state index in [4.69, 9.17) is 11.6 Å². The highest BCUT2D eigenvalue weighted by Gasteiger charge is 2.31. The minimum absolute atomic E-state index is 0.0710. The summed E-state index contributed by atoms with van der Waals surface area (Å²) in [5, 5.41) is 0.682. The SMILES string of the molecule is CCc1ccc(C2=C(c3ccc(Cl)cc3)c3cc(Br)ccc3C2=O)cc1. The second-order valence-corrected chi connectivity index (χ2v) is 7.68. The van der Waals surface area contributed by atoms with E-state index in [2.05, 4.69) is 35.0 Å². The number of ketones is 1. The molecule has 0 bridgehead atoms. The number of hydrogen-bond donors (Lipinski definition) is 0. The lowest BCUT2D eigenvalue weighted by atomic mass is 9.94. The molecule has 0 N–H and O–H groups in total. The van der Waals surface area contributed by atoms with E-state index >= 15 is 0 Å². The molecule has 0 unspecified atom stereocenters. The molecule has 4 rings (SSSR count). The lowest BCUT2D eigenvalue weighted by molar-refractivity contribution is 0.105. The Morgan fingerprint density at radius 2 is 1.42 bits per heavy atom. The number of aryl methyl sites for hydroxylation is 1. The lowest BCUT2D eigenvalue weighted by Crippen LogP contribution is -1.98. The van der Waals surface area contributed by atoms with Crippen LogP contribution in [-0.4, -0.2) is 5.78 Å². The first-order valence-corrected chi connectivity index (χ1v) is 9.69. The number of carbonyl (C=O) groups excluding carboxylic acids is 1. The molecule has 0 aromatic heterocycles. The zero-order valence-corrected chi connectivity index (χ0v) is 16.6. The summed E-state index contributed by atoms with van der Waals surface area (Å²) in [5.41, 5.74) is 6.62. The summed E-state index contributed by atoms with van der Waals surface area (Å²) >= 11 is 9.61. The smallest absolute Gasteiger partial charge is 0.194 e. The van der Waals surface area contributed by atoms with Crippen molar-refractivity contribution in [1.29, 1.82) is 0 Å². The molecule has 0 spiro atoms. The molecule has 1 aliphatic rings. The maximum Gasteiger partial charge on any atom is 0.194 e. The van der Waals surface area contributed by atoms with Crippen LogP contribution in [0, 0.1) is 0 Å². The van der Waals surface area contributed by atoms with E-state index in [9.17, 15) is 4.79 Å². The summed E-state index contributed by atoms with van der Waals surface area (Å²) in [5.74, 6) is 0.0710. The van der Waals surface area contributed by atoms with Crippen molar-refractivity contribution < 1.29 is 4.79 Å². The highest BCUT2D eigenvalue weighted by molar-refractivity contribution is 9.10. The van der Waals surface area contributed by atoms with Crippen LogP contribution in [0.5, 0.6) is 0 Å². The van der Waals surface area contributed by atoms with Gasteiger partial charge in [0.1, 0.15) is 0 Å². The predicted molar refractivity (Wildman–Crippen MR) is 112 cm³/mol. The normalized spacial score (nSPS) is 13.3. The molecule has 128 valence electrons. The molecular formula is C23H16BrClO. The van der Waals surface area contributed by atoms with Crippen LogP contribution >= 0.6 is 27.5 Å². The van der Waals surface area contributed by atoms with Crippen molar-refractivity contribution in [3.8, 4) is 0 Å². The zero-order chi connectivity index (χ0) is 18.3. The molecule has 0 radical (unpaired) electrons. The molecule has 3 aromatic carbocycles. The molecule has 0 aliphatic heterocycles. The Morgan fingerprint density at radius 1 is 0.808 bits per heavy atom. The third-order valence-corrected chi connectivity index (χ3v) is 5.50. The van der Waals surface area contributed by atoms with Crippen LogP contribution in [0.1, 0.15) is 39.5 Å². The molecule has 0 saturated heterocycles. The van der Waals surface area contributed by atoms with Gasteiger partial charge in [-0.25, -0.2) is 0 Å². The van der Waals surface area contributed by atoms with Crippen LogP contribution in [0.4, 0.5) is 0 Å². The Kier molecular flexibility index (Phi) is 4.56. The van der Waals surface area contributed by atoms with E-state index in [1.165, 1.54) is 5.56 Å². The van der Waals surface area contributed by atoms with Gasteiger partial charge in [0.15, 0.2) is 5.78 Å². The highest BCUT2D eigenvalue weighted by Crippen LogP contribution is 2.43. The van der Waals surface area contributed by atoms with Crippen LogP contribution < -0.4 is 0 Å². The van der Waals surface area contributed by atoms with Crippen LogP contribution in [-0.2, 0) is 6.42 Å². The Balaban J connectivity index is 1.98. The van der Waals surface area contributed by atoms with Crippen molar-refractivity contribution in [3.05, 3.63) is 104 Å². The summed E-state index contributed by atoms with van der Waals surface area (Å²) in [6.45, 7) is 2.13. The molecule has 1 aliphatic carbocycles. The zero-order valence-electron chi connectivity index (χ0n) is 14.2. The van der Waals surface area contributed by atoms with Gasteiger partial charge in [-0.1, -0.05) is 70.9 Å². The van der Waals surface area contributed by atoms with Crippen LogP contribution in [0.15, 0.2) is 71.2 Å². The van der Waals surface area contributed by atoms with Gasteiger partial charge < -0.3 is 0 Å². The average molecular weight is 424 g/mol. The molecule has 0 fully saturated rings. The molecule has 1 nitrogen and oxygen atoms in total. The van der Waals surface area contributed by atoms with E-state index in [0.29, 0.717) is 5.02 Å². The van der Waals surface area contributed by atoms with E-state index in [1.807, 2.05) is 54.6 Å². The molecule has 0 atom stereocenters. The fraction of sp³-hybridized carbons (Fsp3) is 0.0870. The molecule has 26 heavy (non-hydrogen) atoms. The number of benzene rings is 3. The minimum Gasteiger partial charge on any atom is -0.289 e. The Morgan fingerprint density at radius 3 is 2.08 bits per heavy atom. The largest absolute Gasteiger partial charge is 0.289 e. The number of fused-ring (bicyclic) bond motifs is 1. The number of rotatable bonds is 3. The second-order valence-electron chi connectivity index (χ2n) is 6.33. The summed E-state index contributed by atoms with van der Waals surface area (Å²) in [6.07, 6.45) is 0.977. The van der Waals surface area contributed by atoms with Crippen LogP contribution in [0.25, 0.3) is 11.1 Å². The molecule has 0 heterocycles. The van der Waals surface area contributed by atoms with Crippen molar-refractivity contribution in [2.24, 2.45) is 0 Å². The van der Waals surface area contributed by atoms with E-state index in [1.54, 1.807) is 0 Å². The summed E-state index contributed by atoms with van der Waals surface area (Å²) < 4.78 is 0.957. The second kappa shape index (κ2) is 6.86. The quantitative estimate of drug-likeness (QED) is 0.451. The molecular weight excluding hydrogens is 408 g/mol. The van der Waals surface area contributed by atoms with Gasteiger partial charge >= 0.3 is 0 Å². The number of carbonyl (C=O) groups is 1. The van der Waals surface area contributed by atoms with Gasteiger partial charge in [0.05, 0.1) is 0 Å². The van der Waals surface area contributed by atoms with Crippen molar-refractivity contribution in [2.75, 3.05) is 0 Å². The third kappa shape index (κ3) is 2.94. The van der Waals surface area contributed by atoms with Gasteiger partial charge in [0.25, 0.3) is 0 Å². The first-order chi connectivity index (χ1) is 12.6. The Hall–Kier alpha value is -2.16. The third-order valence-electron chi connectivity index (χ3n) is 4.76. The number of halogens is 2. The Bertz CT molecular complexity index is 1030. The number of allylic oxidation sites excluding steroid dienone is 1. The summed E-state index contributed by atoms with van der Waals surface area (Å²) in [7, 11) is 0. The van der Waals surface area contributed by atoms with E-state index < -0.39 is 0 Å². The van der Waals surface area contributed by atoms with Gasteiger partial charge in [-0.05, 0) is 59.0 Å². The van der Waals surface area contributed by atoms with Crippen LogP contribution in [0.3, 0.4) is 0 Å². The van der Waals surface area contributed by atoms with Crippen molar-refractivity contribution in [1.82, 2.24) is 0 Å². The van der Waals surface area contributed by atoms with Gasteiger partial charge in [-0.15, -0.1) is 0 Å². The minimum atomic E-state index is 0.0710. The molecule has 3 aromatic rings. The summed E-state index contributed by atoms with van der Waals surface area (Å²) in [4.78, 5) is 13.2. The van der Waals surface area contributed by atoms with Crippen molar-refractivity contribution in [3.63, 3.8) is 0 Å². The fourth-order valence-corrected chi connectivity index (χ4v) is 3.89. The maximum absolute atomic E-state index is 13.2. The van der Waals surface area contributed by atoms with Crippen molar-refractivity contribution >= 4 is 44.5 Å². The summed E-state index contributed by atoms with van der Waals surface area (Å²) in [6, 6.07) is 21.8. The molecule has 0 saturated carbocycles. The first kappa shape index (κ1) is 17.3. The monoisotopic (exact) mass is 422 g/mol. The lowest BCUT2D eigenvalue weighted by Gasteiger charge is -2.10. The van der Waals surface area contributed by atoms with E-state index in [0.717, 1.165) is 44.3 Å². The number of Topliss-reactive ketones (excluding diaryl/α,β-unsaturated/α-hetero) is 1. The standard InChI is InChI=1S/C23H16BrClO/c1-2-14-3-5-16(6-4-14)22-21(15-7-10-18(25)11-8-15)20-13-17(24)9-12-19(20)23(22)26/h3-13H,2H2,1H3. The highest BCUT2D eigenvalue weighted by atomic mass is 79.9. The maximum atomic E-state index is 13.2. The van der Waals surface area contributed by atoms with Crippen molar-refractivity contribution in [2.45, 2.75) is 13.3 Å². The van der Waals surface area contributed by atoms with E-state index in [-0.39, 0.29) is 5.78 Å². The van der Waals surface area contributed by atoms with Gasteiger partial charge in [0.2, 0.25) is 0 Å². The average Bonchev–Trinajstić information content (AvgIpc) is 2.94. The predicted octanol–water partition coefficient (Wildman–Crippen LogP) is 6.82. The number of hydrogen-bond acceptors (Lipinski definition) is 1. The topological polar surface area (TPSA) is 17.1 Å². The van der Waals surface area contributed by atoms with Crippen LogP contribution in [0.2, 0.25) is 5.02 Å². The van der Waals surface area contributed by atoms with Gasteiger partial charge in [0, 0.05) is 26.2 Å². The van der Waals surface area contributed by atoms with Gasteiger partial charge in [-0.3, -0.25) is 4.79 Å². The van der Waals surface area contributed by atoms with Gasteiger partial charge in [-0.2, -0.15) is 0 Å². The Labute approximate surface area is 166 Å². The fourth-order valence-electron chi connectivity index (χ4n) is 3.40. The molecule has 0 amide bonds. The molecule has 3 heteroatoms.